The van der Waals surface area contributed by atoms with Gasteiger partial charge in [-0.25, -0.2) is 0 Å². The number of hydrogen-bond donors (Lipinski definition) is 1. The number of carbonyl (C=O) groups excluding carboxylic acids is 1. The Morgan fingerprint density at radius 3 is 2.26 bits per heavy atom. The van der Waals surface area contributed by atoms with Crippen LogP contribution >= 0.6 is 0 Å². The number of amides is 1. The van der Waals surface area contributed by atoms with Gasteiger partial charge >= 0.3 is 0 Å². The summed E-state index contributed by atoms with van der Waals surface area (Å²) in [6.45, 7) is 9.12. The van der Waals surface area contributed by atoms with E-state index in [0.29, 0.717) is 25.9 Å². The van der Waals surface area contributed by atoms with Crippen molar-refractivity contribution in [2.75, 3.05) is 27.2 Å². The first-order chi connectivity index (χ1) is 12.5. The van der Waals surface area contributed by atoms with Crippen LogP contribution in [-0.4, -0.2) is 50.1 Å². The smallest absolute Gasteiger partial charge is 0.281 e. The molecule has 0 aliphatic carbocycles. The molecule has 152 valence electrons. The highest BCUT2D eigenvalue weighted by molar-refractivity contribution is 7.86. The Morgan fingerprint density at radius 1 is 1.19 bits per heavy atom. The zero-order chi connectivity index (χ0) is 20.4. The lowest BCUT2D eigenvalue weighted by Crippen LogP contribution is -2.47. The molecule has 1 aliphatic heterocycles. The largest absolute Gasteiger partial charge is 0.349 e. The van der Waals surface area contributed by atoms with Gasteiger partial charge in [0.05, 0.1) is 6.04 Å². The normalized spacial score (nSPS) is 18.1. The molecule has 0 saturated carbocycles. The van der Waals surface area contributed by atoms with Crippen LogP contribution in [0.1, 0.15) is 49.4 Å². The van der Waals surface area contributed by atoms with Gasteiger partial charge in [0.1, 0.15) is 0 Å². The molecule has 7 heteroatoms. The van der Waals surface area contributed by atoms with Gasteiger partial charge in [-0.2, -0.15) is 17.0 Å². The number of aryl methyl sites for hydroxylation is 2. The maximum Gasteiger partial charge on any atom is 0.281 e. The van der Waals surface area contributed by atoms with Crippen LogP contribution < -0.4 is 5.32 Å². The second kappa shape index (κ2) is 8.71. The summed E-state index contributed by atoms with van der Waals surface area (Å²) < 4.78 is 27.1. The Labute approximate surface area is 164 Å². The predicted octanol–water partition coefficient (Wildman–Crippen LogP) is 2.64. The summed E-state index contributed by atoms with van der Waals surface area (Å²) in [5.41, 5.74) is 3.54. The summed E-state index contributed by atoms with van der Waals surface area (Å²) in [6, 6.07) is 6.28. The van der Waals surface area contributed by atoms with Crippen molar-refractivity contribution in [3.8, 4) is 0 Å². The van der Waals surface area contributed by atoms with Crippen LogP contribution in [0.25, 0.3) is 0 Å². The van der Waals surface area contributed by atoms with Gasteiger partial charge < -0.3 is 5.32 Å². The lowest BCUT2D eigenvalue weighted by atomic mass is 9.90. The van der Waals surface area contributed by atoms with Gasteiger partial charge in [0.15, 0.2) is 0 Å². The Bertz CT molecular complexity index is 767. The first-order valence-corrected chi connectivity index (χ1v) is 11.0. The van der Waals surface area contributed by atoms with Crippen LogP contribution in [0.2, 0.25) is 0 Å². The minimum atomic E-state index is -3.40. The van der Waals surface area contributed by atoms with Crippen LogP contribution in [0.5, 0.6) is 0 Å². The third-order valence-corrected chi connectivity index (χ3v) is 7.28. The molecule has 1 amide bonds. The van der Waals surface area contributed by atoms with Gasteiger partial charge in [0.25, 0.3) is 10.2 Å². The number of benzene rings is 1. The number of rotatable bonds is 6. The zero-order valence-corrected chi connectivity index (χ0v) is 18.1. The van der Waals surface area contributed by atoms with Crippen molar-refractivity contribution in [2.45, 2.75) is 46.6 Å². The molecule has 6 nitrogen and oxygen atoms in total. The molecular weight excluding hydrogens is 362 g/mol. The third kappa shape index (κ3) is 5.09. The van der Waals surface area contributed by atoms with E-state index in [1.807, 2.05) is 0 Å². The van der Waals surface area contributed by atoms with Crippen LogP contribution in [0.15, 0.2) is 18.2 Å². The molecule has 1 aliphatic rings. The standard InChI is InChI=1S/C20H33N3O3S/c1-14(2)19(18-8-7-15(3)13-16(18)4)21-20(24)17-9-11-23(12-10-17)27(25,26)22(5)6/h7-8,13-14,17,19H,9-12H2,1-6H3,(H,21,24)/t19-/m1/s1. The van der Waals surface area contributed by atoms with Crippen LogP contribution in [0.4, 0.5) is 0 Å². The van der Waals surface area contributed by atoms with E-state index in [4.69, 9.17) is 0 Å². The Kier molecular flexibility index (Phi) is 7.05. The average molecular weight is 396 g/mol. The van der Waals surface area contributed by atoms with Crippen molar-refractivity contribution in [3.05, 3.63) is 34.9 Å². The zero-order valence-electron chi connectivity index (χ0n) is 17.3. The maximum absolute atomic E-state index is 12.9. The highest BCUT2D eigenvalue weighted by atomic mass is 32.2. The summed E-state index contributed by atoms with van der Waals surface area (Å²) in [7, 11) is -0.337. The van der Waals surface area contributed by atoms with Gasteiger partial charge in [-0.15, -0.1) is 0 Å². The van der Waals surface area contributed by atoms with Crippen LogP contribution in [0, 0.1) is 25.7 Å². The number of nitrogens with one attached hydrogen (secondary N) is 1. The second-order valence-corrected chi connectivity index (χ2v) is 10.2. The summed E-state index contributed by atoms with van der Waals surface area (Å²) in [4.78, 5) is 12.9. The van der Waals surface area contributed by atoms with Crippen molar-refractivity contribution in [2.24, 2.45) is 11.8 Å². The van der Waals surface area contributed by atoms with Gasteiger partial charge in [-0.1, -0.05) is 37.6 Å². The fourth-order valence-corrected chi connectivity index (χ4v) is 4.76. The highest BCUT2D eigenvalue weighted by Crippen LogP contribution is 2.27. The van der Waals surface area contributed by atoms with Gasteiger partial charge in [0, 0.05) is 33.1 Å². The van der Waals surface area contributed by atoms with Gasteiger partial charge in [-0.05, 0) is 43.7 Å². The van der Waals surface area contributed by atoms with Crippen molar-refractivity contribution in [3.63, 3.8) is 0 Å². The van der Waals surface area contributed by atoms with Crippen molar-refractivity contribution in [1.82, 2.24) is 13.9 Å². The minimum Gasteiger partial charge on any atom is -0.349 e. The molecule has 1 aromatic rings. The quantitative estimate of drug-likeness (QED) is 0.805. The topological polar surface area (TPSA) is 69.7 Å². The maximum atomic E-state index is 12.9. The molecule has 0 bridgehead atoms. The number of nitrogens with zero attached hydrogens (tertiary/aromatic N) is 2. The van der Waals surface area contributed by atoms with E-state index >= 15 is 0 Å². The molecule has 0 unspecified atom stereocenters. The second-order valence-electron chi connectivity index (χ2n) is 8.05. The average Bonchev–Trinajstić information content (AvgIpc) is 2.59. The van der Waals surface area contributed by atoms with Crippen molar-refractivity contribution < 1.29 is 13.2 Å². The molecule has 1 heterocycles. The van der Waals surface area contributed by atoms with E-state index in [-0.39, 0.29) is 23.8 Å². The molecule has 1 saturated heterocycles. The van der Waals surface area contributed by atoms with Crippen molar-refractivity contribution >= 4 is 16.1 Å². The minimum absolute atomic E-state index is 0.0237. The van der Waals surface area contributed by atoms with Crippen LogP contribution in [0.3, 0.4) is 0 Å². The summed E-state index contributed by atoms with van der Waals surface area (Å²) in [6.07, 6.45) is 1.10. The molecule has 1 atom stereocenters. The lowest BCUT2D eigenvalue weighted by molar-refractivity contribution is -0.127. The summed E-state index contributed by atoms with van der Waals surface area (Å²) >= 11 is 0. The Hall–Kier alpha value is -1.44. The Morgan fingerprint density at radius 2 is 1.78 bits per heavy atom. The van der Waals surface area contributed by atoms with E-state index in [1.165, 1.54) is 33.8 Å². The number of piperidine rings is 1. The van der Waals surface area contributed by atoms with E-state index in [2.05, 4.69) is 51.2 Å². The van der Waals surface area contributed by atoms with Gasteiger partial charge in [0.2, 0.25) is 5.91 Å². The van der Waals surface area contributed by atoms with Crippen LogP contribution in [-0.2, 0) is 15.0 Å². The fraction of sp³-hybridized carbons (Fsp3) is 0.650. The first kappa shape index (κ1) is 21.9. The fourth-order valence-electron chi connectivity index (χ4n) is 3.63. The number of hydrogen-bond acceptors (Lipinski definition) is 3. The van der Waals surface area contributed by atoms with E-state index in [9.17, 15) is 13.2 Å². The SMILES string of the molecule is Cc1ccc([C@H](NC(=O)C2CCN(S(=O)(=O)N(C)C)CC2)C(C)C)c(C)c1. The van der Waals surface area contributed by atoms with Gasteiger partial charge in [-0.3, -0.25) is 4.79 Å². The molecule has 1 fully saturated rings. The molecule has 1 aromatic carbocycles. The molecule has 0 radical (unpaired) electrons. The molecule has 0 aromatic heterocycles. The highest BCUT2D eigenvalue weighted by Gasteiger charge is 2.33. The lowest BCUT2D eigenvalue weighted by Gasteiger charge is -2.33. The molecule has 0 spiro atoms. The van der Waals surface area contributed by atoms with Crippen molar-refractivity contribution in [1.29, 1.82) is 0 Å². The number of carbonyl (C=O) groups is 1. The molecular formula is C20H33N3O3S. The summed E-state index contributed by atoms with van der Waals surface area (Å²) in [5, 5.41) is 3.22. The van der Waals surface area contributed by atoms with E-state index in [1.54, 1.807) is 0 Å². The molecule has 2 rings (SSSR count). The predicted molar refractivity (Wildman–Crippen MR) is 109 cm³/mol. The van der Waals surface area contributed by atoms with E-state index in [0.717, 1.165) is 5.56 Å². The summed E-state index contributed by atoms with van der Waals surface area (Å²) in [5.74, 6) is 0.144. The monoisotopic (exact) mass is 395 g/mol. The first-order valence-electron chi connectivity index (χ1n) is 9.59. The third-order valence-electron chi connectivity index (χ3n) is 5.34. The molecule has 27 heavy (non-hydrogen) atoms. The Balaban J connectivity index is 2.05. The molecule has 1 N–H and O–H groups in total. The van der Waals surface area contributed by atoms with E-state index < -0.39 is 10.2 Å².